The van der Waals surface area contributed by atoms with Gasteiger partial charge < -0.3 is 10.2 Å². The van der Waals surface area contributed by atoms with Crippen LogP contribution in [-0.2, 0) is 6.54 Å². The smallest absolute Gasteiger partial charge is 0.251 e. The molecular weight excluding hydrogens is 326 g/mol. The molecule has 3 aromatic rings. The van der Waals surface area contributed by atoms with Gasteiger partial charge in [0.1, 0.15) is 5.82 Å². The van der Waals surface area contributed by atoms with Gasteiger partial charge in [0.15, 0.2) is 5.82 Å². The van der Waals surface area contributed by atoms with Gasteiger partial charge in [-0.25, -0.2) is 9.97 Å². The molecule has 0 saturated carbocycles. The summed E-state index contributed by atoms with van der Waals surface area (Å²) in [6.07, 6.45) is 3.47. The first-order chi connectivity index (χ1) is 12.6. The third kappa shape index (κ3) is 4.03. The van der Waals surface area contributed by atoms with Crippen LogP contribution >= 0.6 is 0 Å². The minimum atomic E-state index is -0.0849. The van der Waals surface area contributed by atoms with E-state index in [9.17, 15) is 4.79 Å². The SMILES string of the molecule is CNC(=O)c1ccc(CN(C)c2cc(C)nc(-c3ccncc3)n2)cc1. The Hall–Kier alpha value is -3.28. The molecule has 0 spiro atoms. The minimum Gasteiger partial charge on any atom is -0.355 e. The second-order valence-electron chi connectivity index (χ2n) is 6.06. The van der Waals surface area contributed by atoms with E-state index in [1.54, 1.807) is 19.4 Å². The van der Waals surface area contributed by atoms with Crippen LogP contribution in [0.2, 0.25) is 0 Å². The van der Waals surface area contributed by atoms with Gasteiger partial charge in [-0.3, -0.25) is 9.78 Å². The Morgan fingerprint density at radius 1 is 1.08 bits per heavy atom. The fraction of sp³-hybridized carbons (Fsp3) is 0.200. The van der Waals surface area contributed by atoms with Crippen LogP contribution in [0.25, 0.3) is 11.4 Å². The van der Waals surface area contributed by atoms with Crippen molar-refractivity contribution in [2.45, 2.75) is 13.5 Å². The second-order valence-corrected chi connectivity index (χ2v) is 6.06. The summed E-state index contributed by atoms with van der Waals surface area (Å²) in [5.74, 6) is 1.45. The van der Waals surface area contributed by atoms with Crippen molar-refractivity contribution in [2.75, 3.05) is 19.0 Å². The van der Waals surface area contributed by atoms with E-state index < -0.39 is 0 Å². The summed E-state index contributed by atoms with van der Waals surface area (Å²) in [7, 11) is 3.62. The number of amides is 1. The van der Waals surface area contributed by atoms with Crippen LogP contribution in [0.1, 0.15) is 21.6 Å². The highest BCUT2D eigenvalue weighted by atomic mass is 16.1. The largest absolute Gasteiger partial charge is 0.355 e. The van der Waals surface area contributed by atoms with E-state index in [0.29, 0.717) is 17.9 Å². The monoisotopic (exact) mass is 347 g/mol. The number of rotatable bonds is 5. The standard InChI is InChI=1S/C20H21N5O/c1-14-12-18(24-19(23-14)16-8-10-22-11-9-16)25(3)13-15-4-6-17(7-5-15)20(26)21-2/h4-12H,13H2,1-3H3,(H,21,26). The predicted molar refractivity (Wildman–Crippen MR) is 102 cm³/mol. The van der Waals surface area contributed by atoms with Gasteiger partial charge in [-0.15, -0.1) is 0 Å². The van der Waals surface area contributed by atoms with E-state index in [2.05, 4.69) is 25.2 Å². The van der Waals surface area contributed by atoms with Crippen molar-refractivity contribution in [3.63, 3.8) is 0 Å². The molecule has 132 valence electrons. The lowest BCUT2D eigenvalue weighted by molar-refractivity contribution is 0.0963. The number of nitrogens with one attached hydrogen (secondary N) is 1. The van der Waals surface area contributed by atoms with Crippen molar-refractivity contribution in [2.24, 2.45) is 0 Å². The van der Waals surface area contributed by atoms with Crippen LogP contribution in [-0.4, -0.2) is 35.0 Å². The van der Waals surface area contributed by atoms with Gasteiger partial charge in [-0.05, 0) is 36.8 Å². The molecule has 6 heteroatoms. The van der Waals surface area contributed by atoms with Gasteiger partial charge in [-0.1, -0.05) is 12.1 Å². The van der Waals surface area contributed by atoms with Crippen LogP contribution < -0.4 is 10.2 Å². The molecule has 0 fully saturated rings. The Bertz CT molecular complexity index is 894. The predicted octanol–water partition coefficient (Wildman–Crippen LogP) is 2.84. The third-order valence-electron chi connectivity index (χ3n) is 4.03. The number of pyridine rings is 1. The summed E-state index contributed by atoms with van der Waals surface area (Å²) < 4.78 is 0. The van der Waals surface area contributed by atoms with Crippen LogP contribution in [0, 0.1) is 6.92 Å². The molecule has 2 aromatic heterocycles. The summed E-state index contributed by atoms with van der Waals surface area (Å²) in [4.78, 5) is 26.9. The molecule has 0 aliphatic heterocycles. The quantitative estimate of drug-likeness (QED) is 0.768. The normalized spacial score (nSPS) is 10.4. The number of benzene rings is 1. The summed E-state index contributed by atoms with van der Waals surface area (Å²) >= 11 is 0. The molecule has 0 aliphatic rings. The number of anilines is 1. The topological polar surface area (TPSA) is 71.0 Å². The van der Waals surface area contributed by atoms with Gasteiger partial charge in [0.25, 0.3) is 5.91 Å². The molecular formula is C20H21N5O. The fourth-order valence-electron chi connectivity index (χ4n) is 2.64. The molecule has 0 unspecified atom stereocenters. The van der Waals surface area contributed by atoms with Gasteiger partial charge in [-0.2, -0.15) is 0 Å². The van der Waals surface area contributed by atoms with E-state index in [-0.39, 0.29) is 5.91 Å². The second kappa shape index (κ2) is 7.74. The molecule has 3 rings (SSSR count). The van der Waals surface area contributed by atoms with Crippen molar-refractivity contribution in [1.29, 1.82) is 0 Å². The van der Waals surface area contributed by atoms with Crippen LogP contribution in [0.5, 0.6) is 0 Å². The number of hydrogen-bond donors (Lipinski definition) is 1. The Kier molecular flexibility index (Phi) is 5.22. The third-order valence-corrected chi connectivity index (χ3v) is 4.03. The zero-order valence-electron chi connectivity index (χ0n) is 15.1. The maximum atomic E-state index is 11.6. The van der Waals surface area contributed by atoms with Crippen molar-refractivity contribution in [1.82, 2.24) is 20.3 Å². The van der Waals surface area contributed by atoms with Crippen LogP contribution in [0.4, 0.5) is 5.82 Å². The summed E-state index contributed by atoms with van der Waals surface area (Å²) in [5.41, 5.74) is 3.59. The molecule has 1 amide bonds. The van der Waals surface area contributed by atoms with E-state index in [0.717, 1.165) is 22.6 Å². The van der Waals surface area contributed by atoms with Gasteiger partial charge in [0.2, 0.25) is 0 Å². The number of carbonyl (C=O) groups excluding carboxylic acids is 1. The van der Waals surface area contributed by atoms with E-state index in [4.69, 9.17) is 0 Å². The fourth-order valence-corrected chi connectivity index (χ4v) is 2.64. The van der Waals surface area contributed by atoms with Gasteiger partial charge >= 0.3 is 0 Å². The summed E-state index contributed by atoms with van der Waals surface area (Å²) in [6.45, 7) is 2.64. The summed E-state index contributed by atoms with van der Waals surface area (Å²) in [6, 6.07) is 13.3. The number of aromatic nitrogens is 3. The Labute approximate surface area is 153 Å². The number of nitrogens with zero attached hydrogens (tertiary/aromatic N) is 4. The van der Waals surface area contributed by atoms with Crippen molar-refractivity contribution < 1.29 is 4.79 Å². The zero-order chi connectivity index (χ0) is 18.5. The Morgan fingerprint density at radius 2 is 1.77 bits per heavy atom. The average molecular weight is 347 g/mol. The first-order valence-electron chi connectivity index (χ1n) is 8.35. The first-order valence-corrected chi connectivity index (χ1v) is 8.35. The molecule has 1 aromatic carbocycles. The summed E-state index contributed by atoms with van der Waals surface area (Å²) in [5, 5.41) is 2.62. The molecule has 6 nitrogen and oxygen atoms in total. The first kappa shape index (κ1) is 17.5. The lowest BCUT2D eigenvalue weighted by atomic mass is 10.1. The lowest BCUT2D eigenvalue weighted by Crippen LogP contribution is -2.19. The highest BCUT2D eigenvalue weighted by Gasteiger charge is 2.10. The number of aryl methyl sites for hydroxylation is 1. The van der Waals surface area contributed by atoms with Gasteiger partial charge in [0, 0.05) is 55.9 Å². The molecule has 1 N–H and O–H groups in total. The molecule has 0 aliphatic carbocycles. The highest BCUT2D eigenvalue weighted by Crippen LogP contribution is 2.20. The molecule has 0 saturated heterocycles. The van der Waals surface area contributed by atoms with Crippen molar-refractivity contribution >= 4 is 11.7 Å². The molecule has 26 heavy (non-hydrogen) atoms. The van der Waals surface area contributed by atoms with Crippen LogP contribution in [0.15, 0.2) is 54.9 Å². The average Bonchev–Trinajstić information content (AvgIpc) is 2.68. The Balaban J connectivity index is 1.80. The number of carbonyl (C=O) groups is 1. The highest BCUT2D eigenvalue weighted by molar-refractivity contribution is 5.93. The van der Waals surface area contributed by atoms with Crippen molar-refractivity contribution in [3.05, 3.63) is 71.7 Å². The molecule has 0 radical (unpaired) electrons. The number of hydrogen-bond acceptors (Lipinski definition) is 5. The minimum absolute atomic E-state index is 0.0849. The molecule has 0 atom stereocenters. The maximum Gasteiger partial charge on any atom is 0.251 e. The molecule has 0 bridgehead atoms. The maximum absolute atomic E-state index is 11.6. The Morgan fingerprint density at radius 3 is 2.42 bits per heavy atom. The van der Waals surface area contributed by atoms with E-state index >= 15 is 0 Å². The lowest BCUT2D eigenvalue weighted by Gasteiger charge is -2.19. The van der Waals surface area contributed by atoms with E-state index in [1.807, 2.05) is 56.4 Å². The zero-order valence-corrected chi connectivity index (χ0v) is 15.1. The van der Waals surface area contributed by atoms with Gasteiger partial charge in [0.05, 0.1) is 0 Å². The molecule has 2 heterocycles. The van der Waals surface area contributed by atoms with Crippen LogP contribution in [0.3, 0.4) is 0 Å². The van der Waals surface area contributed by atoms with E-state index in [1.165, 1.54) is 0 Å². The van der Waals surface area contributed by atoms with Crippen molar-refractivity contribution in [3.8, 4) is 11.4 Å².